The van der Waals surface area contributed by atoms with E-state index in [9.17, 15) is 22.8 Å². The number of nitrogens with zero attached hydrogens (tertiary/aromatic N) is 1. The Morgan fingerprint density at radius 2 is 1.87 bits per heavy atom. The predicted octanol–water partition coefficient (Wildman–Crippen LogP) is 6.56. The lowest BCUT2D eigenvalue weighted by Crippen LogP contribution is -2.32. The van der Waals surface area contributed by atoms with Crippen molar-refractivity contribution in [2.24, 2.45) is 5.92 Å². The van der Waals surface area contributed by atoms with Gasteiger partial charge in [-0.05, 0) is 67.0 Å². The van der Waals surface area contributed by atoms with Crippen molar-refractivity contribution in [1.29, 1.82) is 0 Å². The smallest absolute Gasteiger partial charge is 0.260 e. The van der Waals surface area contributed by atoms with Crippen LogP contribution >= 0.6 is 11.8 Å². The van der Waals surface area contributed by atoms with Crippen molar-refractivity contribution in [3.05, 3.63) is 105 Å². The number of rotatable bonds is 6. The molecular formula is C29H23F4NO3S. The molecule has 2 aliphatic rings. The number of alkyl halides is 1. The number of Topliss-reactive ketones (excluding diaryl/α,β-unsaturated/α-hetero) is 1. The zero-order valence-electron chi connectivity index (χ0n) is 20.5. The lowest BCUT2D eigenvalue weighted by molar-refractivity contribution is 0.0934. The van der Waals surface area contributed by atoms with E-state index < -0.39 is 46.9 Å². The lowest BCUT2D eigenvalue weighted by atomic mass is 9.87. The van der Waals surface area contributed by atoms with Crippen LogP contribution in [0.5, 0.6) is 5.75 Å². The van der Waals surface area contributed by atoms with E-state index in [2.05, 4.69) is 0 Å². The molecule has 2 aromatic carbocycles. The van der Waals surface area contributed by atoms with Gasteiger partial charge in [0.1, 0.15) is 23.9 Å². The average Bonchev–Trinajstić information content (AvgIpc) is 3.34. The van der Waals surface area contributed by atoms with Crippen LogP contribution in [0.1, 0.15) is 27.5 Å². The van der Waals surface area contributed by atoms with Crippen LogP contribution in [0.25, 0.3) is 11.1 Å². The average molecular weight is 542 g/mol. The Morgan fingerprint density at radius 1 is 1.13 bits per heavy atom. The highest BCUT2D eigenvalue weighted by Crippen LogP contribution is 2.42. The molecule has 38 heavy (non-hydrogen) atoms. The fourth-order valence-electron chi connectivity index (χ4n) is 5.01. The number of fused-ring (bicyclic) bond motifs is 1. The van der Waals surface area contributed by atoms with E-state index >= 15 is 4.39 Å². The van der Waals surface area contributed by atoms with Crippen LogP contribution in [0.3, 0.4) is 0 Å². The van der Waals surface area contributed by atoms with Crippen molar-refractivity contribution < 1.29 is 27.1 Å². The van der Waals surface area contributed by atoms with E-state index in [0.29, 0.717) is 16.2 Å². The van der Waals surface area contributed by atoms with Gasteiger partial charge in [0.05, 0.1) is 17.7 Å². The number of thioether (sulfide) groups is 1. The number of aromatic nitrogens is 1. The van der Waals surface area contributed by atoms with Gasteiger partial charge < -0.3 is 4.74 Å². The molecule has 0 saturated heterocycles. The van der Waals surface area contributed by atoms with E-state index in [1.54, 1.807) is 6.92 Å². The molecule has 4 nitrogen and oxygen atoms in total. The number of methoxy groups -OCH3 is 1. The maximum atomic E-state index is 15.4. The number of allylic oxidation sites excluding steroid dienone is 4. The first-order chi connectivity index (χ1) is 18.2. The van der Waals surface area contributed by atoms with Gasteiger partial charge in [0, 0.05) is 22.8 Å². The molecular weight excluding hydrogens is 518 g/mol. The molecule has 3 atom stereocenters. The van der Waals surface area contributed by atoms with Gasteiger partial charge in [-0.3, -0.25) is 14.2 Å². The summed E-state index contributed by atoms with van der Waals surface area (Å²) in [5, 5.41) is 0.412. The van der Waals surface area contributed by atoms with Crippen LogP contribution in [0.15, 0.2) is 76.3 Å². The Kier molecular flexibility index (Phi) is 7.05. The molecule has 5 rings (SSSR count). The standard InChI is InChI=1S/C29H23F4NO3S/c1-15-19(13-20-21(31)6-4-7-22(20)32)29-34(23(14-38-29)27(35)16-9-11-17(30)12-10-16)28(36)25(15)18-5-3-8-24(37-2)26(18)33/h3-12,20-21,23H,13-14H2,1-2H3. The van der Waals surface area contributed by atoms with Crippen LogP contribution in [0.2, 0.25) is 0 Å². The summed E-state index contributed by atoms with van der Waals surface area (Å²) in [5.74, 6) is -3.34. The summed E-state index contributed by atoms with van der Waals surface area (Å²) in [6.07, 6.45) is 2.08. The molecule has 0 amide bonds. The number of hydrogen-bond donors (Lipinski definition) is 0. The normalized spacial score (nSPS) is 20.3. The van der Waals surface area contributed by atoms with Crippen LogP contribution < -0.4 is 10.3 Å². The summed E-state index contributed by atoms with van der Waals surface area (Å²) < 4.78 is 64.8. The second kappa shape index (κ2) is 10.3. The van der Waals surface area contributed by atoms with Gasteiger partial charge in [0.2, 0.25) is 0 Å². The molecule has 3 unspecified atom stereocenters. The molecule has 0 bridgehead atoms. The van der Waals surface area contributed by atoms with Crippen LogP contribution in [0.4, 0.5) is 17.6 Å². The minimum absolute atomic E-state index is 0.00861. The quantitative estimate of drug-likeness (QED) is 0.262. The van der Waals surface area contributed by atoms with Gasteiger partial charge in [-0.1, -0.05) is 18.2 Å². The Labute approximate surface area is 220 Å². The number of carbonyl (C=O) groups excluding carboxylic acids is 1. The molecule has 0 spiro atoms. The topological polar surface area (TPSA) is 48.3 Å². The van der Waals surface area contributed by atoms with Crippen molar-refractivity contribution in [2.45, 2.75) is 30.6 Å². The third kappa shape index (κ3) is 4.38. The summed E-state index contributed by atoms with van der Waals surface area (Å²) in [5.41, 5.74) is 0.409. The van der Waals surface area contributed by atoms with Crippen molar-refractivity contribution in [1.82, 2.24) is 4.57 Å². The largest absolute Gasteiger partial charge is 0.494 e. The molecule has 0 radical (unpaired) electrons. The summed E-state index contributed by atoms with van der Waals surface area (Å²) >= 11 is 1.23. The van der Waals surface area contributed by atoms with E-state index in [-0.39, 0.29) is 34.6 Å². The number of benzene rings is 2. The number of carbonyl (C=O) groups is 1. The fourth-order valence-corrected chi connectivity index (χ4v) is 6.39. The molecule has 0 saturated carbocycles. The Balaban J connectivity index is 1.73. The second-order valence-electron chi connectivity index (χ2n) is 9.17. The number of halogens is 4. The summed E-state index contributed by atoms with van der Waals surface area (Å²) in [6.45, 7) is 1.62. The van der Waals surface area contributed by atoms with Gasteiger partial charge in [-0.25, -0.2) is 17.6 Å². The number of ether oxygens (including phenoxy) is 1. The third-order valence-electron chi connectivity index (χ3n) is 7.02. The monoisotopic (exact) mass is 541 g/mol. The highest BCUT2D eigenvalue weighted by molar-refractivity contribution is 7.99. The minimum atomic E-state index is -1.59. The predicted molar refractivity (Wildman–Crippen MR) is 138 cm³/mol. The van der Waals surface area contributed by atoms with Crippen LogP contribution in [0, 0.1) is 24.5 Å². The van der Waals surface area contributed by atoms with E-state index in [0.717, 1.165) is 12.1 Å². The highest BCUT2D eigenvalue weighted by atomic mass is 32.2. The number of hydrogen-bond acceptors (Lipinski definition) is 4. The number of ketones is 1. The van der Waals surface area contributed by atoms with Crippen LogP contribution in [-0.4, -0.2) is 29.4 Å². The van der Waals surface area contributed by atoms with Gasteiger partial charge >= 0.3 is 0 Å². The first-order valence-corrected chi connectivity index (χ1v) is 12.9. The third-order valence-corrected chi connectivity index (χ3v) is 8.22. The van der Waals surface area contributed by atoms with Crippen molar-refractivity contribution in [3.63, 3.8) is 0 Å². The van der Waals surface area contributed by atoms with Gasteiger partial charge in [-0.15, -0.1) is 11.8 Å². The summed E-state index contributed by atoms with van der Waals surface area (Å²) in [4.78, 5) is 27.4. The first-order valence-electron chi connectivity index (χ1n) is 11.9. The van der Waals surface area contributed by atoms with Crippen molar-refractivity contribution >= 4 is 17.5 Å². The zero-order chi connectivity index (χ0) is 27.1. The molecule has 1 aliphatic carbocycles. The van der Waals surface area contributed by atoms with Gasteiger partial charge in [-0.2, -0.15) is 0 Å². The van der Waals surface area contributed by atoms with E-state index in [1.807, 2.05) is 0 Å². The maximum Gasteiger partial charge on any atom is 0.260 e. The Morgan fingerprint density at radius 3 is 2.55 bits per heavy atom. The van der Waals surface area contributed by atoms with E-state index in [4.69, 9.17) is 4.74 Å². The SMILES string of the molecule is COc1cccc(-c2c(C)c(CC3C(F)=CC=CC3F)c3n(c2=O)C(C(=O)c2ccc(F)cc2)CS3)c1F. The summed E-state index contributed by atoms with van der Waals surface area (Å²) in [7, 11) is 1.30. The lowest BCUT2D eigenvalue weighted by Gasteiger charge is -2.24. The molecule has 1 aromatic heterocycles. The molecule has 2 heterocycles. The molecule has 196 valence electrons. The fraction of sp³-hybridized carbons (Fsp3) is 0.241. The zero-order valence-corrected chi connectivity index (χ0v) is 21.3. The molecule has 0 fully saturated rings. The van der Waals surface area contributed by atoms with E-state index in [1.165, 1.54) is 72.0 Å². The molecule has 0 N–H and O–H groups in total. The maximum absolute atomic E-state index is 15.4. The molecule has 9 heteroatoms. The highest BCUT2D eigenvalue weighted by Gasteiger charge is 2.37. The Hall–Kier alpha value is -3.59. The second-order valence-corrected chi connectivity index (χ2v) is 10.2. The first kappa shape index (κ1) is 26.0. The number of pyridine rings is 1. The van der Waals surface area contributed by atoms with Gasteiger partial charge in [0.15, 0.2) is 17.3 Å². The minimum Gasteiger partial charge on any atom is -0.494 e. The van der Waals surface area contributed by atoms with Crippen molar-refractivity contribution in [3.8, 4) is 16.9 Å². The van der Waals surface area contributed by atoms with Gasteiger partial charge in [0.25, 0.3) is 5.56 Å². The van der Waals surface area contributed by atoms with Crippen LogP contribution in [-0.2, 0) is 6.42 Å². The van der Waals surface area contributed by atoms with Crippen molar-refractivity contribution in [2.75, 3.05) is 12.9 Å². The Bertz CT molecular complexity index is 1540. The summed E-state index contributed by atoms with van der Waals surface area (Å²) in [6, 6.07) is 8.41. The molecule has 3 aromatic rings. The molecule has 1 aliphatic heterocycles.